The maximum atomic E-state index is 4.10. The Balaban J connectivity index is 2.43. The molecule has 0 spiro atoms. The largest absolute Gasteiger partial charge is 0.313 e. The van der Waals surface area contributed by atoms with Crippen LogP contribution in [0.2, 0.25) is 0 Å². The number of H-pyrrole nitrogens is 1. The van der Waals surface area contributed by atoms with E-state index < -0.39 is 0 Å². The van der Waals surface area contributed by atoms with Crippen LogP contribution in [-0.2, 0) is 0 Å². The van der Waals surface area contributed by atoms with Crippen LogP contribution in [0.25, 0.3) is 0 Å². The van der Waals surface area contributed by atoms with Crippen molar-refractivity contribution in [3.63, 3.8) is 0 Å². The molecule has 0 aliphatic heterocycles. The zero-order valence-corrected chi connectivity index (χ0v) is 9.77. The summed E-state index contributed by atoms with van der Waals surface area (Å²) in [5, 5.41) is 11.6. The van der Waals surface area contributed by atoms with E-state index in [1.165, 1.54) is 0 Å². The predicted molar refractivity (Wildman–Crippen MR) is 59.5 cm³/mol. The number of thioether (sulfide) groups is 1. The minimum absolute atomic E-state index is 0.507. The molecule has 1 rings (SSSR count). The first kappa shape index (κ1) is 11.5. The fourth-order valence-corrected chi connectivity index (χ4v) is 2.43. The molecule has 0 radical (unpaired) electrons. The summed E-state index contributed by atoms with van der Waals surface area (Å²) in [6, 6.07) is 0.537. The molecule has 80 valence electrons. The highest BCUT2D eigenvalue weighted by Gasteiger charge is 2.16. The summed E-state index contributed by atoms with van der Waals surface area (Å²) in [5.74, 6) is 0. The number of aromatic nitrogens is 3. The van der Waals surface area contributed by atoms with Gasteiger partial charge in [-0.15, -0.1) is 0 Å². The van der Waals surface area contributed by atoms with Gasteiger partial charge in [-0.25, -0.2) is 4.98 Å². The molecular weight excluding hydrogens is 196 g/mol. The first-order valence-corrected chi connectivity index (χ1v) is 5.91. The van der Waals surface area contributed by atoms with Crippen molar-refractivity contribution in [3.05, 3.63) is 6.33 Å². The first-order valence-electron chi connectivity index (χ1n) is 5.03. The van der Waals surface area contributed by atoms with Gasteiger partial charge in [0.15, 0.2) is 5.16 Å². The van der Waals surface area contributed by atoms with Crippen molar-refractivity contribution in [1.82, 2.24) is 20.5 Å². The van der Waals surface area contributed by atoms with E-state index in [0.29, 0.717) is 11.3 Å². The third kappa shape index (κ3) is 3.31. The van der Waals surface area contributed by atoms with Crippen LogP contribution >= 0.6 is 11.8 Å². The van der Waals surface area contributed by atoms with Crippen molar-refractivity contribution >= 4 is 11.8 Å². The van der Waals surface area contributed by atoms with Crippen LogP contribution < -0.4 is 5.32 Å². The average Bonchev–Trinajstić information content (AvgIpc) is 2.66. The van der Waals surface area contributed by atoms with Crippen LogP contribution in [0, 0.1) is 0 Å². The Morgan fingerprint density at radius 2 is 2.36 bits per heavy atom. The standard InChI is InChI=1S/C9H18N4S/c1-4-8(10-5-2)7(3)14-9-11-6-12-13-9/h6-8,10H,4-5H2,1-3H3,(H,11,12,13). The Morgan fingerprint density at radius 3 is 2.86 bits per heavy atom. The van der Waals surface area contributed by atoms with Crippen LogP contribution in [-0.4, -0.2) is 33.0 Å². The number of nitrogens with zero attached hydrogens (tertiary/aromatic N) is 2. The lowest BCUT2D eigenvalue weighted by Gasteiger charge is -2.21. The molecule has 1 heterocycles. The van der Waals surface area contributed by atoms with E-state index in [0.717, 1.165) is 18.1 Å². The summed E-state index contributed by atoms with van der Waals surface area (Å²) >= 11 is 1.73. The van der Waals surface area contributed by atoms with Crippen molar-refractivity contribution in [1.29, 1.82) is 0 Å². The molecule has 0 saturated carbocycles. The van der Waals surface area contributed by atoms with Gasteiger partial charge in [0, 0.05) is 11.3 Å². The molecule has 0 fully saturated rings. The van der Waals surface area contributed by atoms with Gasteiger partial charge in [0.05, 0.1) is 0 Å². The predicted octanol–water partition coefficient (Wildman–Crippen LogP) is 1.67. The summed E-state index contributed by atoms with van der Waals surface area (Å²) in [4.78, 5) is 4.10. The van der Waals surface area contributed by atoms with Crippen LogP contribution in [0.1, 0.15) is 27.2 Å². The third-order valence-corrected chi connectivity index (χ3v) is 3.28. The zero-order chi connectivity index (χ0) is 10.4. The van der Waals surface area contributed by atoms with E-state index in [4.69, 9.17) is 0 Å². The Morgan fingerprint density at radius 1 is 1.57 bits per heavy atom. The zero-order valence-electron chi connectivity index (χ0n) is 8.95. The molecular formula is C9H18N4S. The van der Waals surface area contributed by atoms with Crippen LogP contribution in [0.5, 0.6) is 0 Å². The average molecular weight is 214 g/mol. The second-order valence-electron chi connectivity index (χ2n) is 3.19. The second-order valence-corrected chi connectivity index (χ2v) is 4.55. The summed E-state index contributed by atoms with van der Waals surface area (Å²) in [6.45, 7) is 7.56. The molecule has 14 heavy (non-hydrogen) atoms. The Bertz CT molecular complexity index is 237. The second kappa shape index (κ2) is 6.03. The number of aromatic amines is 1. The molecule has 5 heteroatoms. The quantitative estimate of drug-likeness (QED) is 0.707. The van der Waals surface area contributed by atoms with Crippen molar-refractivity contribution in [2.24, 2.45) is 0 Å². The van der Waals surface area contributed by atoms with Gasteiger partial charge >= 0.3 is 0 Å². The minimum Gasteiger partial charge on any atom is -0.313 e. The van der Waals surface area contributed by atoms with Crippen LogP contribution in [0.4, 0.5) is 0 Å². The summed E-state index contributed by atoms with van der Waals surface area (Å²) in [6.07, 6.45) is 2.68. The van der Waals surface area contributed by atoms with Crippen molar-refractivity contribution in [2.45, 2.75) is 43.6 Å². The van der Waals surface area contributed by atoms with Gasteiger partial charge in [0.25, 0.3) is 0 Å². The first-order chi connectivity index (χ1) is 6.77. The van der Waals surface area contributed by atoms with E-state index in [1.807, 2.05) is 0 Å². The lowest BCUT2D eigenvalue weighted by molar-refractivity contribution is 0.508. The van der Waals surface area contributed by atoms with Gasteiger partial charge in [-0.1, -0.05) is 32.5 Å². The molecule has 0 amide bonds. The van der Waals surface area contributed by atoms with Crippen molar-refractivity contribution in [3.8, 4) is 0 Å². The fraction of sp³-hybridized carbons (Fsp3) is 0.778. The SMILES string of the molecule is CCNC(CC)C(C)Sc1ncn[nH]1. The minimum atomic E-state index is 0.507. The van der Waals surface area contributed by atoms with Gasteiger partial charge in [0.1, 0.15) is 6.33 Å². The fourth-order valence-electron chi connectivity index (χ4n) is 1.41. The smallest absolute Gasteiger partial charge is 0.183 e. The van der Waals surface area contributed by atoms with Gasteiger partial charge in [0.2, 0.25) is 0 Å². The molecule has 1 aromatic rings. The molecule has 0 aliphatic rings. The topological polar surface area (TPSA) is 53.6 Å². The summed E-state index contributed by atoms with van der Waals surface area (Å²) in [5.41, 5.74) is 0. The van der Waals surface area contributed by atoms with E-state index in [9.17, 15) is 0 Å². The molecule has 4 nitrogen and oxygen atoms in total. The highest BCUT2D eigenvalue weighted by atomic mass is 32.2. The molecule has 0 aromatic carbocycles. The van der Waals surface area contributed by atoms with Crippen molar-refractivity contribution in [2.75, 3.05) is 6.54 Å². The van der Waals surface area contributed by atoms with Crippen LogP contribution in [0.3, 0.4) is 0 Å². The lowest BCUT2D eigenvalue weighted by Crippen LogP contribution is -2.35. The highest BCUT2D eigenvalue weighted by Crippen LogP contribution is 2.22. The molecule has 2 unspecified atom stereocenters. The normalized spacial score (nSPS) is 15.4. The van der Waals surface area contributed by atoms with Gasteiger partial charge in [-0.05, 0) is 13.0 Å². The maximum Gasteiger partial charge on any atom is 0.183 e. The van der Waals surface area contributed by atoms with Crippen molar-refractivity contribution < 1.29 is 0 Å². The lowest BCUT2D eigenvalue weighted by atomic mass is 10.2. The molecule has 2 atom stereocenters. The van der Waals surface area contributed by atoms with E-state index in [2.05, 4.69) is 41.3 Å². The monoisotopic (exact) mass is 214 g/mol. The molecule has 0 bridgehead atoms. The Hall–Kier alpha value is -0.550. The van der Waals surface area contributed by atoms with E-state index >= 15 is 0 Å². The third-order valence-electron chi connectivity index (χ3n) is 2.16. The number of hydrogen-bond donors (Lipinski definition) is 2. The van der Waals surface area contributed by atoms with Crippen LogP contribution in [0.15, 0.2) is 11.5 Å². The Labute approximate surface area is 89.3 Å². The van der Waals surface area contributed by atoms with Gasteiger partial charge < -0.3 is 5.32 Å². The highest BCUT2D eigenvalue weighted by molar-refractivity contribution is 7.99. The van der Waals surface area contributed by atoms with Gasteiger partial charge in [-0.2, -0.15) is 5.10 Å². The Kier molecular flexibility index (Phi) is 4.97. The molecule has 0 aliphatic carbocycles. The molecule has 1 aromatic heterocycles. The van der Waals surface area contributed by atoms with E-state index in [-0.39, 0.29) is 0 Å². The summed E-state index contributed by atoms with van der Waals surface area (Å²) < 4.78 is 0. The van der Waals surface area contributed by atoms with Gasteiger partial charge in [-0.3, -0.25) is 5.10 Å². The summed E-state index contributed by atoms with van der Waals surface area (Å²) in [7, 11) is 0. The van der Waals surface area contributed by atoms with E-state index in [1.54, 1.807) is 18.1 Å². The molecule has 0 saturated heterocycles. The number of nitrogens with one attached hydrogen (secondary N) is 2. The number of rotatable bonds is 6. The number of hydrogen-bond acceptors (Lipinski definition) is 4. The molecule has 2 N–H and O–H groups in total. The maximum absolute atomic E-state index is 4.10.